The van der Waals surface area contributed by atoms with E-state index in [2.05, 4.69) is 4.84 Å². The maximum absolute atomic E-state index is 5.28. The third-order valence-corrected chi connectivity index (χ3v) is 2.58. The van der Waals surface area contributed by atoms with Crippen molar-refractivity contribution in [2.75, 3.05) is 14.2 Å². The number of rotatable bonds is 4. The molecule has 0 aliphatic carbocycles. The van der Waals surface area contributed by atoms with Crippen LogP contribution in [0.5, 0.6) is 11.5 Å². The molecule has 1 rings (SSSR count). The molecule has 0 aromatic heterocycles. The first-order valence-electron chi connectivity index (χ1n) is 4.68. The second kappa shape index (κ2) is 5.00. The van der Waals surface area contributed by atoms with E-state index in [0.717, 1.165) is 22.4 Å². The Hall–Kier alpha value is -1.26. The van der Waals surface area contributed by atoms with Crippen LogP contribution in [0.4, 0.5) is 0 Å². The van der Waals surface area contributed by atoms with Crippen molar-refractivity contribution in [3.63, 3.8) is 0 Å². The van der Waals surface area contributed by atoms with Gasteiger partial charge in [0.1, 0.15) is 0 Å². The van der Waals surface area contributed by atoms with Crippen molar-refractivity contribution in [2.45, 2.75) is 20.5 Å². The van der Waals surface area contributed by atoms with E-state index in [1.165, 1.54) is 0 Å². The lowest BCUT2D eigenvalue weighted by Crippen LogP contribution is -2.04. The molecule has 0 radical (unpaired) electrons. The van der Waals surface area contributed by atoms with Gasteiger partial charge in [0.25, 0.3) is 0 Å². The average Bonchev–Trinajstić information content (AvgIpc) is 2.24. The lowest BCUT2D eigenvalue weighted by molar-refractivity contribution is 0.123. The third kappa shape index (κ3) is 2.22. The highest BCUT2D eigenvalue weighted by molar-refractivity contribution is 5.53. The fourth-order valence-corrected chi connectivity index (χ4v) is 1.57. The van der Waals surface area contributed by atoms with Crippen LogP contribution in [0.25, 0.3) is 0 Å². The van der Waals surface area contributed by atoms with E-state index in [1.807, 2.05) is 19.9 Å². The second-order valence-corrected chi connectivity index (χ2v) is 3.33. The molecule has 0 fully saturated rings. The molecule has 1 aromatic carbocycles. The summed E-state index contributed by atoms with van der Waals surface area (Å²) in [5.41, 5.74) is 3.16. The molecule has 0 heterocycles. The summed E-state index contributed by atoms with van der Waals surface area (Å²) in [5, 5.41) is 0. The van der Waals surface area contributed by atoms with Crippen LogP contribution in [0.15, 0.2) is 6.07 Å². The highest BCUT2D eigenvalue weighted by atomic mass is 16.6. The number of hydrogen-bond acceptors (Lipinski definition) is 4. The fourth-order valence-electron chi connectivity index (χ4n) is 1.57. The number of hydrogen-bond donors (Lipinski definition) is 1. The van der Waals surface area contributed by atoms with E-state index >= 15 is 0 Å². The van der Waals surface area contributed by atoms with E-state index in [-0.39, 0.29) is 0 Å². The minimum atomic E-state index is 0.368. The first-order valence-corrected chi connectivity index (χ1v) is 4.68. The van der Waals surface area contributed by atoms with Crippen LogP contribution < -0.4 is 15.4 Å². The van der Waals surface area contributed by atoms with Crippen molar-refractivity contribution in [3.05, 3.63) is 22.8 Å². The largest absolute Gasteiger partial charge is 0.493 e. The van der Waals surface area contributed by atoms with Gasteiger partial charge in [-0.15, -0.1) is 0 Å². The zero-order valence-electron chi connectivity index (χ0n) is 9.59. The fraction of sp³-hybridized carbons (Fsp3) is 0.455. The molecule has 0 atom stereocenters. The van der Waals surface area contributed by atoms with Crippen LogP contribution in [-0.4, -0.2) is 14.2 Å². The zero-order valence-corrected chi connectivity index (χ0v) is 9.59. The Bertz CT molecular complexity index is 350. The molecule has 0 aliphatic rings. The van der Waals surface area contributed by atoms with Gasteiger partial charge >= 0.3 is 0 Å². The summed E-state index contributed by atoms with van der Waals surface area (Å²) in [7, 11) is 3.24. The van der Waals surface area contributed by atoms with Crippen molar-refractivity contribution in [3.8, 4) is 11.5 Å². The predicted molar refractivity (Wildman–Crippen MR) is 58.0 cm³/mol. The molecule has 0 unspecified atom stereocenters. The Morgan fingerprint density at radius 1 is 1.13 bits per heavy atom. The standard InChI is InChI=1S/C11H17NO3/c1-7-8(2)11(14-4)10(13-3)5-9(7)6-15-12/h5H,6,12H2,1-4H3. The molecule has 4 heteroatoms. The topological polar surface area (TPSA) is 53.7 Å². The Labute approximate surface area is 89.9 Å². The molecule has 4 nitrogen and oxygen atoms in total. The van der Waals surface area contributed by atoms with Crippen LogP contribution in [0, 0.1) is 13.8 Å². The summed E-state index contributed by atoms with van der Waals surface area (Å²) in [5.74, 6) is 6.53. The van der Waals surface area contributed by atoms with Gasteiger partial charge in [0.05, 0.1) is 20.8 Å². The number of nitrogens with two attached hydrogens (primary N) is 1. The number of benzene rings is 1. The molecule has 0 bridgehead atoms. The lowest BCUT2D eigenvalue weighted by Gasteiger charge is -2.15. The van der Waals surface area contributed by atoms with Crippen molar-refractivity contribution in [1.29, 1.82) is 0 Å². The van der Waals surface area contributed by atoms with Gasteiger partial charge < -0.3 is 9.47 Å². The molecular formula is C11H17NO3. The second-order valence-electron chi connectivity index (χ2n) is 3.33. The van der Waals surface area contributed by atoms with Crippen molar-refractivity contribution in [1.82, 2.24) is 0 Å². The third-order valence-electron chi connectivity index (χ3n) is 2.58. The molecule has 84 valence electrons. The molecule has 0 spiro atoms. The zero-order chi connectivity index (χ0) is 11.4. The molecule has 2 N–H and O–H groups in total. The Balaban J connectivity index is 3.29. The molecule has 0 amide bonds. The van der Waals surface area contributed by atoms with E-state index in [4.69, 9.17) is 15.4 Å². The van der Waals surface area contributed by atoms with Gasteiger partial charge in [0, 0.05) is 0 Å². The van der Waals surface area contributed by atoms with E-state index < -0.39 is 0 Å². The Kier molecular flexibility index (Phi) is 3.94. The summed E-state index contributed by atoms with van der Waals surface area (Å²) in [6.07, 6.45) is 0. The van der Waals surface area contributed by atoms with Crippen molar-refractivity contribution >= 4 is 0 Å². The van der Waals surface area contributed by atoms with E-state index in [9.17, 15) is 0 Å². The summed E-state index contributed by atoms with van der Waals surface area (Å²) in [6.45, 7) is 4.36. The van der Waals surface area contributed by atoms with Crippen LogP contribution >= 0.6 is 0 Å². The first-order chi connectivity index (χ1) is 7.15. The lowest BCUT2D eigenvalue weighted by atomic mass is 10.0. The monoisotopic (exact) mass is 211 g/mol. The molecule has 0 saturated heterocycles. The smallest absolute Gasteiger partial charge is 0.163 e. The van der Waals surface area contributed by atoms with E-state index in [0.29, 0.717) is 12.4 Å². The Morgan fingerprint density at radius 3 is 2.27 bits per heavy atom. The van der Waals surface area contributed by atoms with Gasteiger partial charge in [-0.1, -0.05) is 0 Å². The summed E-state index contributed by atoms with van der Waals surface area (Å²) < 4.78 is 10.5. The van der Waals surface area contributed by atoms with Crippen LogP contribution in [0.3, 0.4) is 0 Å². The SMILES string of the molecule is COc1cc(CON)c(C)c(C)c1OC. The van der Waals surface area contributed by atoms with Gasteiger partial charge in [-0.05, 0) is 36.6 Å². The first kappa shape index (κ1) is 11.8. The van der Waals surface area contributed by atoms with Crippen LogP contribution in [0.2, 0.25) is 0 Å². The summed E-state index contributed by atoms with van der Waals surface area (Å²) >= 11 is 0. The molecule has 0 saturated carbocycles. The van der Waals surface area contributed by atoms with Crippen LogP contribution in [0.1, 0.15) is 16.7 Å². The summed E-state index contributed by atoms with van der Waals surface area (Å²) in [4.78, 5) is 4.64. The van der Waals surface area contributed by atoms with Gasteiger partial charge in [0.15, 0.2) is 11.5 Å². The molecule has 1 aromatic rings. The maximum atomic E-state index is 5.28. The Morgan fingerprint density at radius 2 is 1.80 bits per heavy atom. The molecule has 0 aliphatic heterocycles. The van der Waals surface area contributed by atoms with Crippen molar-refractivity contribution in [2.24, 2.45) is 5.90 Å². The normalized spacial score (nSPS) is 10.2. The quantitative estimate of drug-likeness (QED) is 0.770. The van der Waals surface area contributed by atoms with Gasteiger partial charge in [0.2, 0.25) is 0 Å². The minimum Gasteiger partial charge on any atom is -0.493 e. The van der Waals surface area contributed by atoms with Gasteiger partial charge in [-0.3, -0.25) is 4.84 Å². The number of methoxy groups -OCH3 is 2. The summed E-state index contributed by atoms with van der Waals surface area (Å²) in [6, 6.07) is 1.88. The highest BCUT2D eigenvalue weighted by Crippen LogP contribution is 2.35. The van der Waals surface area contributed by atoms with Gasteiger partial charge in [-0.2, -0.15) is 0 Å². The average molecular weight is 211 g/mol. The van der Waals surface area contributed by atoms with Crippen LogP contribution in [-0.2, 0) is 11.4 Å². The number of ether oxygens (including phenoxy) is 2. The highest BCUT2D eigenvalue weighted by Gasteiger charge is 2.13. The minimum absolute atomic E-state index is 0.368. The predicted octanol–water partition coefficient (Wildman–Crippen LogP) is 1.71. The maximum Gasteiger partial charge on any atom is 0.163 e. The van der Waals surface area contributed by atoms with Crippen molar-refractivity contribution < 1.29 is 14.3 Å². The molecule has 15 heavy (non-hydrogen) atoms. The van der Waals surface area contributed by atoms with E-state index in [1.54, 1.807) is 14.2 Å². The van der Waals surface area contributed by atoms with Gasteiger partial charge in [-0.25, -0.2) is 5.90 Å². The molecular weight excluding hydrogens is 194 g/mol.